The molecular formula is C17H22FNO4. The van der Waals surface area contributed by atoms with Gasteiger partial charge in [0.05, 0.1) is 18.7 Å². The lowest BCUT2D eigenvalue weighted by atomic mass is 10.2. The van der Waals surface area contributed by atoms with E-state index in [1.807, 2.05) is 0 Å². The van der Waals surface area contributed by atoms with Crippen LogP contribution in [0, 0.1) is 17.7 Å². The van der Waals surface area contributed by atoms with Gasteiger partial charge in [0.2, 0.25) is 0 Å². The van der Waals surface area contributed by atoms with Crippen molar-refractivity contribution in [1.29, 1.82) is 0 Å². The number of hydrogen-bond acceptors (Lipinski definition) is 4. The van der Waals surface area contributed by atoms with Crippen LogP contribution < -0.4 is 10.1 Å². The number of ether oxygens (including phenoxy) is 2. The van der Waals surface area contributed by atoms with Crippen LogP contribution in [0.4, 0.5) is 9.18 Å². The quantitative estimate of drug-likeness (QED) is 0.835. The molecule has 1 aromatic carbocycles. The second-order valence-corrected chi connectivity index (χ2v) is 5.91. The lowest BCUT2D eigenvalue weighted by molar-refractivity contribution is 0.0535. The first-order valence-electron chi connectivity index (χ1n) is 7.24. The Morgan fingerprint density at radius 1 is 1.43 bits per heavy atom. The summed E-state index contributed by atoms with van der Waals surface area (Å²) in [5, 5.41) is 11.5. The fourth-order valence-corrected chi connectivity index (χ4v) is 1.52. The smallest absolute Gasteiger partial charge is 0.408 e. The molecule has 5 nitrogen and oxygen atoms in total. The van der Waals surface area contributed by atoms with Gasteiger partial charge in [0.15, 0.2) is 0 Å². The Hall–Kier alpha value is -2.26. The van der Waals surface area contributed by atoms with Crippen molar-refractivity contribution >= 4 is 6.09 Å². The van der Waals surface area contributed by atoms with Gasteiger partial charge in [-0.1, -0.05) is 11.8 Å². The predicted molar refractivity (Wildman–Crippen MR) is 84.7 cm³/mol. The fraction of sp³-hybridized carbons (Fsp3) is 0.471. The molecule has 0 aliphatic heterocycles. The molecule has 1 atom stereocenters. The van der Waals surface area contributed by atoms with Gasteiger partial charge < -0.3 is 19.9 Å². The standard InChI is InChI=1S/C17H22FNO4/c1-12(11-20)22-15-10-14(18)8-7-13(15)6-5-9-19-16(21)23-17(2,3)4/h7-8,10,12,20H,9,11H2,1-4H3,(H,19,21). The molecule has 1 rings (SSSR count). The zero-order valence-corrected chi connectivity index (χ0v) is 13.8. The van der Waals surface area contributed by atoms with Crippen LogP contribution in [0.2, 0.25) is 0 Å². The minimum Gasteiger partial charge on any atom is -0.487 e. The summed E-state index contributed by atoms with van der Waals surface area (Å²) in [4.78, 5) is 11.5. The Kier molecular flexibility index (Phi) is 6.86. The van der Waals surface area contributed by atoms with E-state index in [9.17, 15) is 9.18 Å². The zero-order chi connectivity index (χ0) is 17.5. The number of hydrogen-bond donors (Lipinski definition) is 2. The number of carbonyl (C=O) groups is 1. The lowest BCUT2D eigenvalue weighted by Gasteiger charge is -2.19. The molecule has 0 saturated heterocycles. The van der Waals surface area contributed by atoms with Gasteiger partial charge in [-0.25, -0.2) is 9.18 Å². The van der Waals surface area contributed by atoms with Crippen LogP contribution in [0.15, 0.2) is 18.2 Å². The van der Waals surface area contributed by atoms with Crippen LogP contribution in [-0.2, 0) is 4.74 Å². The lowest BCUT2D eigenvalue weighted by Crippen LogP contribution is -2.32. The normalized spacial score (nSPS) is 11.9. The molecule has 0 heterocycles. The van der Waals surface area contributed by atoms with Crippen molar-refractivity contribution in [3.63, 3.8) is 0 Å². The molecule has 0 spiro atoms. The largest absolute Gasteiger partial charge is 0.487 e. The van der Waals surface area contributed by atoms with Gasteiger partial charge in [-0.3, -0.25) is 0 Å². The fourth-order valence-electron chi connectivity index (χ4n) is 1.52. The van der Waals surface area contributed by atoms with Gasteiger partial charge in [0.1, 0.15) is 23.3 Å². The van der Waals surface area contributed by atoms with Crippen molar-refractivity contribution in [1.82, 2.24) is 5.32 Å². The Bertz CT molecular complexity index is 599. The zero-order valence-electron chi connectivity index (χ0n) is 13.8. The molecule has 1 aromatic rings. The number of benzene rings is 1. The van der Waals surface area contributed by atoms with Crippen LogP contribution in [-0.4, -0.2) is 36.1 Å². The maximum Gasteiger partial charge on any atom is 0.408 e. The number of rotatable bonds is 4. The molecule has 1 unspecified atom stereocenters. The van der Waals surface area contributed by atoms with E-state index >= 15 is 0 Å². The number of carbonyl (C=O) groups excluding carboxylic acids is 1. The first-order chi connectivity index (χ1) is 10.7. The topological polar surface area (TPSA) is 67.8 Å². The molecule has 23 heavy (non-hydrogen) atoms. The van der Waals surface area contributed by atoms with Gasteiger partial charge >= 0.3 is 6.09 Å². The van der Waals surface area contributed by atoms with Crippen LogP contribution in [0.3, 0.4) is 0 Å². The van der Waals surface area contributed by atoms with Crippen LogP contribution in [0.1, 0.15) is 33.3 Å². The van der Waals surface area contributed by atoms with Gasteiger partial charge in [-0.15, -0.1) is 0 Å². The van der Waals surface area contributed by atoms with E-state index in [2.05, 4.69) is 17.2 Å². The Morgan fingerprint density at radius 2 is 2.13 bits per heavy atom. The van der Waals surface area contributed by atoms with E-state index in [4.69, 9.17) is 14.6 Å². The Balaban J connectivity index is 2.69. The summed E-state index contributed by atoms with van der Waals surface area (Å²) in [6.07, 6.45) is -1.03. The number of aliphatic hydroxyl groups is 1. The van der Waals surface area contributed by atoms with Crippen LogP contribution >= 0.6 is 0 Å². The van der Waals surface area contributed by atoms with Crippen molar-refractivity contribution in [2.45, 2.75) is 39.4 Å². The van der Waals surface area contributed by atoms with Crippen LogP contribution in [0.5, 0.6) is 5.75 Å². The van der Waals surface area contributed by atoms with Gasteiger partial charge in [0.25, 0.3) is 0 Å². The maximum atomic E-state index is 13.3. The second-order valence-electron chi connectivity index (χ2n) is 5.91. The summed E-state index contributed by atoms with van der Waals surface area (Å²) >= 11 is 0. The summed E-state index contributed by atoms with van der Waals surface area (Å²) in [5.41, 5.74) is -0.103. The molecule has 2 N–H and O–H groups in total. The number of aliphatic hydroxyl groups excluding tert-OH is 1. The highest BCUT2D eigenvalue weighted by Crippen LogP contribution is 2.20. The SMILES string of the molecule is CC(CO)Oc1cc(F)ccc1C#CCNC(=O)OC(C)(C)C. The van der Waals surface area contributed by atoms with Crippen molar-refractivity contribution in [3.05, 3.63) is 29.6 Å². The molecule has 0 saturated carbocycles. The van der Waals surface area contributed by atoms with Crippen molar-refractivity contribution in [2.24, 2.45) is 0 Å². The van der Waals surface area contributed by atoms with Crippen LogP contribution in [0.25, 0.3) is 0 Å². The summed E-state index contributed by atoms with van der Waals surface area (Å²) in [5.74, 6) is 5.33. The van der Waals surface area contributed by atoms with Gasteiger partial charge in [0, 0.05) is 6.07 Å². The third kappa shape index (κ3) is 7.52. The molecule has 0 aromatic heterocycles. The van der Waals surface area contributed by atoms with E-state index in [1.165, 1.54) is 18.2 Å². The summed E-state index contributed by atoms with van der Waals surface area (Å²) in [6.45, 7) is 6.85. The van der Waals surface area contributed by atoms with Crippen molar-refractivity contribution in [2.75, 3.05) is 13.2 Å². The van der Waals surface area contributed by atoms with Crippen molar-refractivity contribution in [3.8, 4) is 17.6 Å². The number of nitrogens with one attached hydrogen (secondary N) is 1. The summed E-state index contributed by atoms with van der Waals surface area (Å²) in [6, 6.07) is 3.95. The molecule has 0 radical (unpaired) electrons. The second kappa shape index (κ2) is 8.39. The minimum atomic E-state index is -0.574. The van der Waals surface area contributed by atoms with E-state index < -0.39 is 23.6 Å². The number of halogens is 1. The number of amides is 1. The molecule has 0 aliphatic carbocycles. The third-order valence-electron chi connectivity index (χ3n) is 2.47. The van der Waals surface area contributed by atoms with E-state index in [-0.39, 0.29) is 18.9 Å². The molecule has 1 amide bonds. The Morgan fingerprint density at radius 3 is 2.74 bits per heavy atom. The highest BCUT2D eigenvalue weighted by molar-refractivity contribution is 5.68. The highest BCUT2D eigenvalue weighted by atomic mass is 19.1. The first kappa shape index (κ1) is 18.8. The average Bonchev–Trinajstić information content (AvgIpc) is 2.43. The van der Waals surface area contributed by atoms with E-state index in [1.54, 1.807) is 27.7 Å². The molecule has 0 bridgehead atoms. The highest BCUT2D eigenvalue weighted by Gasteiger charge is 2.15. The minimum absolute atomic E-state index is 0.0846. The van der Waals surface area contributed by atoms with E-state index in [0.29, 0.717) is 5.56 Å². The van der Waals surface area contributed by atoms with Crippen molar-refractivity contribution < 1.29 is 23.8 Å². The third-order valence-corrected chi connectivity index (χ3v) is 2.47. The molecule has 0 fully saturated rings. The monoisotopic (exact) mass is 323 g/mol. The van der Waals surface area contributed by atoms with Gasteiger partial charge in [-0.05, 0) is 39.8 Å². The Labute approximate surface area is 135 Å². The van der Waals surface area contributed by atoms with Gasteiger partial charge in [-0.2, -0.15) is 0 Å². The molecule has 0 aliphatic rings. The predicted octanol–water partition coefficient (Wildman–Crippen LogP) is 2.46. The molecule has 6 heteroatoms. The molecule has 126 valence electrons. The molecular weight excluding hydrogens is 301 g/mol. The van der Waals surface area contributed by atoms with E-state index in [0.717, 1.165) is 0 Å². The number of alkyl carbamates (subject to hydrolysis) is 1. The average molecular weight is 323 g/mol. The maximum absolute atomic E-state index is 13.3. The summed E-state index contributed by atoms with van der Waals surface area (Å²) in [7, 11) is 0. The summed E-state index contributed by atoms with van der Waals surface area (Å²) < 4.78 is 23.8. The first-order valence-corrected chi connectivity index (χ1v) is 7.24.